The fourth-order valence-electron chi connectivity index (χ4n) is 4.43. The fourth-order valence-corrected chi connectivity index (χ4v) is 6.83. The number of pyridine rings is 1. The summed E-state index contributed by atoms with van der Waals surface area (Å²) in [6, 6.07) is 13.1. The zero-order valence-electron chi connectivity index (χ0n) is 19.5. The molecule has 35 heavy (non-hydrogen) atoms. The quantitative estimate of drug-likeness (QED) is 0.263. The number of hydrogen-bond acceptors (Lipinski definition) is 6. The minimum atomic E-state index is -0.359. The number of nitrogens with zero attached hydrogens (tertiary/aromatic N) is 1. The van der Waals surface area contributed by atoms with Crippen LogP contribution in [0.25, 0.3) is 21.5 Å². The van der Waals surface area contributed by atoms with Gasteiger partial charge in [-0.2, -0.15) is 0 Å². The van der Waals surface area contributed by atoms with E-state index in [1.807, 2.05) is 43.3 Å². The Balaban J connectivity index is 1.56. The first kappa shape index (κ1) is 24.0. The van der Waals surface area contributed by atoms with Crippen LogP contribution in [0.3, 0.4) is 0 Å². The van der Waals surface area contributed by atoms with Gasteiger partial charge in [-0.05, 0) is 61.4 Å². The van der Waals surface area contributed by atoms with Gasteiger partial charge in [-0.25, -0.2) is 9.78 Å². The van der Waals surface area contributed by atoms with Gasteiger partial charge in [0.15, 0.2) is 0 Å². The Morgan fingerprint density at radius 3 is 2.80 bits per heavy atom. The maximum Gasteiger partial charge on any atom is 0.341 e. The van der Waals surface area contributed by atoms with E-state index < -0.39 is 0 Å². The maximum absolute atomic E-state index is 13.7. The van der Waals surface area contributed by atoms with Crippen molar-refractivity contribution in [2.24, 2.45) is 5.92 Å². The highest BCUT2D eigenvalue weighted by molar-refractivity contribution is 7.19. The van der Waals surface area contributed by atoms with Gasteiger partial charge >= 0.3 is 5.97 Å². The van der Waals surface area contributed by atoms with Crippen LogP contribution < -0.4 is 5.32 Å². The first-order valence-corrected chi connectivity index (χ1v) is 13.7. The molecule has 0 radical (unpaired) electrons. The van der Waals surface area contributed by atoms with Crippen LogP contribution in [0.2, 0.25) is 4.34 Å². The molecule has 1 aliphatic rings. The van der Waals surface area contributed by atoms with Crippen molar-refractivity contribution in [1.82, 2.24) is 4.98 Å². The summed E-state index contributed by atoms with van der Waals surface area (Å²) in [4.78, 5) is 33.5. The molecule has 8 heteroatoms. The van der Waals surface area contributed by atoms with Gasteiger partial charge in [0.25, 0.3) is 5.91 Å². The number of carbonyl (C=O) groups is 2. The second kappa shape index (κ2) is 10.1. The zero-order valence-corrected chi connectivity index (χ0v) is 21.9. The van der Waals surface area contributed by atoms with E-state index >= 15 is 0 Å². The minimum absolute atomic E-state index is 0.274. The summed E-state index contributed by atoms with van der Waals surface area (Å²) in [5.74, 6) is -0.0834. The van der Waals surface area contributed by atoms with Gasteiger partial charge < -0.3 is 10.1 Å². The molecule has 1 N–H and O–H groups in total. The summed E-state index contributed by atoms with van der Waals surface area (Å²) in [5, 5.41) is 4.38. The number of thiophene rings is 2. The molecule has 1 unspecified atom stereocenters. The molecule has 0 saturated heterocycles. The topological polar surface area (TPSA) is 68.3 Å². The normalized spacial score (nSPS) is 15.1. The molecular weight excluding hydrogens is 500 g/mol. The molecule has 5 rings (SSSR count). The van der Waals surface area contributed by atoms with Crippen LogP contribution in [0.15, 0.2) is 42.5 Å². The summed E-state index contributed by atoms with van der Waals surface area (Å²) in [6.45, 7) is 4.54. The van der Waals surface area contributed by atoms with E-state index in [0.717, 1.165) is 51.9 Å². The number of halogens is 1. The average Bonchev–Trinajstić information content (AvgIpc) is 3.44. The van der Waals surface area contributed by atoms with Gasteiger partial charge in [0.05, 0.1) is 38.2 Å². The highest BCUT2D eigenvalue weighted by atomic mass is 35.5. The van der Waals surface area contributed by atoms with Crippen molar-refractivity contribution in [3.8, 4) is 10.6 Å². The molecule has 0 fully saturated rings. The Bertz CT molecular complexity index is 1430. The van der Waals surface area contributed by atoms with E-state index in [1.54, 1.807) is 6.07 Å². The van der Waals surface area contributed by atoms with Crippen molar-refractivity contribution in [3.63, 3.8) is 0 Å². The standard InChI is InChI=1S/C27H25ClN2O3S2/c1-3-12-33-27(32)24-17-9-8-15(2)13-22(17)35-26(24)30-25(31)18-14-20(21-10-11-23(28)34-21)29-19-7-5-4-6-16(18)19/h4-7,10-11,14-15H,3,8-9,12-13H2,1-2H3,(H,30,31). The van der Waals surface area contributed by atoms with Crippen molar-refractivity contribution in [1.29, 1.82) is 0 Å². The second-order valence-electron chi connectivity index (χ2n) is 8.82. The Hall–Kier alpha value is -2.74. The van der Waals surface area contributed by atoms with Crippen LogP contribution in [0.4, 0.5) is 5.00 Å². The van der Waals surface area contributed by atoms with Gasteiger partial charge in [0.1, 0.15) is 5.00 Å². The van der Waals surface area contributed by atoms with E-state index in [-0.39, 0.29) is 11.9 Å². The van der Waals surface area contributed by atoms with Crippen LogP contribution >= 0.6 is 34.3 Å². The Morgan fingerprint density at radius 1 is 1.20 bits per heavy atom. The SMILES string of the molecule is CCCOC(=O)c1c(NC(=O)c2cc(-c3ccc(Cl)s3)nc3ccccc23)sc2c1CCC(C)C2. The highest BCUT2D eigenvalue weighted by Crippen LogP contribution is 2.41. The number of para-hydroxylation sites is 1. The molecule has 1 aromatic carbocycles. The lowest BCUT2D eigenvalue weighted by Crippen LogP contribution is -2.17. The Kier molecular flexibility index (Phi) is 6.91. The lowest BCUT2D eigenvalue weighted by Gasteiger charge is -2.18. The number of fused-ring (bicyclic) bond motifs is 2. The lowest BCUT2D eigenvalue weighted by molar-refractivity contribution is 0.0505. The van der Waals surface area contributed by atoms with E-state index in [1.165, 1.54) is 22.7 Å². The van der Waals surface area contributed by atoms with E-state index in [0.29, 0.717) is 38.7 Å². The molecule has 0 bridgehead atoms. The van der Waals surface area contributed by atoms with Gasteiger partial charge in [-0.1, -0.05) is 43.6 Å². The molecule has 5 nitrogen and oxygen atoms in total. The number of nitrogens with one attached hydrogen (secondary N) is 1. The molecular formula is C27H25ClN2O3S2. The molecule has 0 spiro atoms. The van der Waals surface area contributed by atoms with E-state index in [4.69, 9.17) is 21.3 Å². The van der Waals surface area contributed by atoms with Crippen molar-refractivity contribution >= 4 is 62.1 Å². The van der Waals surface area contributed by atoms with Crippen molar-refractivity contribution in [2.75, 3.05) is 11.9 Å². The number of ether oxygens (including phenoxy) is 1. The summed E-state index contributed by atoms with van der Waals surface area (Å²) in [5.41, 5.74) is 3.46. The number of anilines is 1. The summed E-state index contributed by atoms with van der Waals surface area (Å²) >= 11 is 9.06. The molecule has 180 valence electrons. The van der Waals surface area contributed by atoms with E-state index in [9.17, 15) is 9.59 Å². The summed E-state index contributed by atoms with van der Waals surface area (Å²) in [6.07, 6.45) is 3.49. The van der Waals surface area contributed by atoms with Gasteiger partial charge in [0.2, 0.25) is 0 Å². The predicted molar refractivity (Wildman–Crippen MR) is 144 cm³/mol. The third-order valence-corrected chi connectivity index (χ3v) is 8.59. The predicted octanol–water partition coefficient (Wildman–Crippen LogP) is 7.62. The third kappa shape index (κ3) is 4.85. The molecule has 0 saturated carbocycles. The molecule has 1 atom stereocenters. The number of esters is 1. The second-order valence-corrected chi connectivity index (χ2v) is 11.6. The van der Waals surface area contributed by atoms with Gasteiger partial charge in [-0.15, -0.1) is 22.7 Å². The van der Waals surface area contributed by atoms with Crippen LogP contribution in [-0.2, 0) is 17.6 Å². The zero-order chi connectivity index (χ0) is 24.5. The maximum atomic E-state index is 13.7. The van der Waals surface area contributed by atoms with Crippen LogP contribution in [0.1, 0.15) is 57.8 Å². The van der Waals surface area contributed by atoms with Crippen LogP contribution in [0, 0.1) is 5.92 Å². The number of benzene rings is 1. The molecule has 1 amide bonds. The van der Waals surface area contributed by atoms with Crippen molar-refractivity contribution in [2.45, 2.75) is 39.5 Å². The largest absolute Gasteiger partial charge is 0.462 e. The number of amides is 1. The molecule has 1 aliphatic carbocycles. The minimum Gasteiger partial charge on any atom is -0.462 e. The molecule has 3 heterocycles. The first-order valence-electron chi connectivity index (χ1n) is 11.7. The molecule has 4 aromatic rings. The van der Waals surface area contributed by atoms with Crippen molar-refractivity contribution in [3.05, 3.63) is 68.4 Å². The van der Waals surface area contributed by atoms with Gasteiger partial charge in [-0.3, -0.25) is 4.79 Å². The van der Waals surface area contributed by atoms with Crippen molar-refractivity contribution < 1.29 is 14.3 Å². The molecule has 3 aromatic heterocycles. The Morgan fingerprint density at radius 2 is 2.03 bits per heavy atom. The van der Waals surface area contributed by atoms with Crippen LogP contribution in [0.5, 0.6) is 0 Å². The number of aromatic nitrogens is 1. The monoisotopic (exact) mass is 524 g/mol. The summed E-state index contributed by atoms with van der Waals surface area (Å²) in [7, 11) is 0. The highest BCUT2D eigenvalue weighted by Gasteiger charge is 2.29. The number of rotatable bonds is 6. The first-order chi connectivity index (χ1) is 16.9. The summed E-state index contributed by atoms with van der Waals surface area (Å²) < 4.78 is 6.16. The third-order valence-electron chi connectivity index (χ3n) is 6.17. The average molecular weight is 525 g/mol. The smallest absolute Gasteiger partial charge is 0.341 e. The Labute approximate surface area is 217 Å². The number of carbonyl (C=O) groups excluding carboxylic acids is 2. The van der Waals surface area contributed by atoms with Crippen LogP contribution in [-0.4, -0.2) is 23.5 Å². The lowest BCUT2D eigenvalue weighted by atomic mass is 9.88. The number of hydrogen-bond donors (Lipinski definition) is 1. The fraction of sp³-hybridized carbons (Fsp3) is 0.296. The van der Waals surface area contributed by atoms with E-state index in [2.05, 4.69) is 12.2 Å². The molecule has 0 aliphatic heterocycles. The van der Waals surface area contributed by atoms with Gasteiger partial charge in [0, 0.05) is 10.3 Å².